The Morgan fingerprint density at radius 2 is 1.96 bits per heavy atom. The second kappa shape index (κ2) is 8.30. The van der Waals surface area contributed by atoms with Crippen LogP contribution in [0.3, 0.4) is 0 Å². The minimum Gasteiger partial charge on any atom is -0.343 e. The number of hydrogen-bond acceptors (Lipinski definition) is 4. The van der Waals surface area contributed by atoms with Gasteiger partial charge in [-0.2, -0.15) is 5.26 Å². The molecule has 2 aromatic carbocycles. The molecule has 0 saturated carbocycles. The number of aromatic nitrogens is 1. The van der Waals surface area contributed by atoms with Crippen LogP contribution in [-0.2, 0) is 11.2 Å². The summed E-state index contributed by atoms with van der Waals surface area (Å²) in [6, 6.07) is 15.4. The first-order valence-electron chi connectivity index (χ1n) is 9.45. The molecule has 2 heterocycles. The average Bonchev–Trinajstić information content (AvgIpc) is 3.15. The fourth-order valence-corrected chi connectivity index (χ4v) is 4.91. The maximum absolute atomic E-state index is 12.6. The van der Waals surface area contributed by atoms with Gasteiger partial charge >= 0.3 is 0 Å². The molecule has 1 aromatic heterocycles. The highest BCUT2D eigenvalue weighted by Gasteiger charge is 2.25. The second-order valence-corrected chi connectivity index (χ2v) is 8.63. The fourth-order valence-electron chi connectivity index (χ4n) is 3.62. The Bertz CT molecular complexity index is 1030. The lowest BCUT2D eigenvalue weighted by molar-refractivity contribution is -0.132. The van der Waals surface area contributed by atoms with E-state index in [1.807, 2.05) is 35.2 Å². The number of hydrogen-bond donors (Lipinski definition) is 0. The predicted octanol–water partition coefficient (Wildman–Crippen LogP) is 5.16. The molecule has 4 nitrogen and oxygen atoms in total. The third-order valence-electron chi connectivity index (χ3n) is 5.27. The van der Waals surface area contributed by atoms with Crippen molar-refractivity contribution >= 4 is 39.1 Å². The maximum atomic E-state index is 12.6. The maximum Gasteiger partial charge on any atom is 0.222 e. The summed E-state index contributed by atoms with van der Waals surface area (Å²) in [7, 11) is 0. The zero-order chi connectivity index (χ0) is 19.5. The number of fused-ring (bicyclic) bond motifs is 1. The van der Waals surface area contributed by atoms with Gasteiger partial charge in [0.25, 0.3) is 0 Å². The number of carbonyl (C=O) groups is 1. The van der Waals surface area contributed by atoms with Crippen molar-refractivity contribution in [3.05, 3.63) is 63.6 Å². The SMILES string of the molecule is N#Cc1ccc(CCC(=O)N2CCC(c3nc4cc(Cl)ccc4s3)CC2)cc1. The van der Waals surface area contributed by atoms with Gasteiger partial charge in [0.15, 0.2) is 0 Å². The number of likely N-dealkylation sites (tertiary alicyclic amines) is 1. The van der Waals surface area contributed by atoms with Crippen molar-refractivity contribution in [2.45, 2.75) is 31.6 Å². The monoisotopic (exact) mass is 409 g/mol. The summed E-state index contributed by atoms with van der Waals surface area (Å²) in [4.78, 5) is 19.3. The first-order valence-corrected chi connectivity index (χ1v) is 10.6. The van der Waals surface area contributed by atoms with Crippen molar-refractivity contribution in [2.24, 2.45) is 0 Å². The van der Waals surface area contributed by atoms with Crippen LogP contribution in [0.2, 0.25) is 5.02 Å². The number of rotatable bonds is 4. The molecule has 6 heteroatoms. The Morgan fingerprint density at radius 3 is 2.68 bits per heavy atom. The van der Waals surface area contributed by atoms with Crippen molar-refractivity contribution < 1.29 is 4.79 Å². The number of piperidine rings is 1. The lowest BCUT2D eigenvalue weighted by Crippen LogP contribution is -2.38. The van der Waals surface area contributed by atoms with E-state index in [-0.39, 0.29) is 5.91 Å². The van der Waals surface area contributed by atoms with E-state index in [4.69, 9.17) is 21.8 Å². The number of halogens is 1. The second-order valence-electron chi connectivity index (χ2n) is 7.13. The number of amides is 1. The molecule has 1 fully saturated rings. The molecule has 0 bridgehead atoms. The number of aryl methyl sites for hydroxylation is 1. The van der Waals surface area contributed by atoms with E-state index in [0.29, 0.717) is 29.3 Å². The largest absolute Gasteiger partial charge is 0.343 e. The topological polar surface area (TPSA) is 57.0 Å². The van der Waals surface area contributed by atoms with E-state index in [1.54, 1.807) is 23.5 Å². The first kappa shape index (κ1) is 18.9. The standard InChI is InChI=1S/C22H20ClN3OS/c23-18-6-7-20-19(13-18)25-22(28-20)17-9-11-26(12-10-17)21(27)8-5-15-1-3-16(14-24)4-2-15/h1-4,6-7,13,17H,5,8-12H2. The number of carbonyl (C=O) groups excluding carboxylic acids is 1. The molecule has 0 radical (unpaired) electrons. The third-order valence-corrected chi connectivity index (χ3v) is 6.71. The minimum absolute atomic E-state index is 0.207. The molecule has 1 aliphatic rings. The third kappa shape index (κ3) is 4.19. The smallest absolute Gasteiger partial charge is 0.222 e. The summed E-state index contributed by atoms with van der Waals surface area (Å²) < 4.78 is 1.17. The highest BCUT2D eigenvalue weighted by atomic mass is 35.5. The van der Waals surface area contributed by atoms with Crippen molar-refractivity contribution in [2.75, 3.05) is 13.1 Å². The number of nitrogens with zero attached hydrogens (tertiary/aromatic N) is 3. The van der Waals surface area contributed by atoms with Gasteiger partial charge in [0, 0.05) is 30.5 Å². The molecule has 0 unspecified atom stereocenters. The average molecular weight is 410 g/mol. The molecule has 0 atom stereocenters. The van der Waals surface area contributed by atoms with Gasteiger partial charge in [-0.25, -0.2) is 4.98 Å². The van der Waals surface area contributed by atoms with E-state index >= 15 is 0 Å². The Balaban J connectivity index is 1.31. The summed E-state index contributed by atoms with van der Waals surface area (Å²) in [5.41, 5.74) is 2.71. The summed E-state index contributed by atoms with van der Waals surface area (Å²) in [6.45, 7) is 1.57. The van der Waals surface area contributed by atoms with Crippen LogP contribution < -0.4 is 0 Å². The minimum atomic E-state index is 0.207. The Hall–Kier alpha value is -2.42. The molecule has 0 aliphatic carbocycles. The summed E-state index contributed by atoms with van der Waals surface area (Å²) in [5.74, 6) is 0.623. The Morgan fingerprint density at radius 1 is 1.21 bits per heavy atom. The molecule has 1 amide bonds. The van der Waals surface area contributed by atoms with E-state index < -0.39 is 0 Å². The molecular formula is C22H20ClN3OS. The molecule has 1 aliphatic heterocycles. The summed E-state index contributed by atoms with van der Waals surface area (Å²) >= 11 is 7.80. The molecule has 0 spiro atoms. The van der Waals surface area contributed by atoms with E-state index in [9.17, 15) is 4.79 Å². The van der Waals surface area contributed by atoms with Crippen molar-refractivity contribution in [1.29, 1.82) is 5.26 Å². The van der Waals surface area contributed by atoms with Crippen molar-refractivity contribution in [3.63, 3.8) is 0 Å². The highest BCUT2D eigenvalue weighted by molar-refractivity contribution is 7.18. The van der Waals surface area contributed by atoms with Gasteiger partial charge in [0.05, 0.1) is 26.9 Å². The quantitative estimate of drug-likeness (QED) is 0.598. The molecule has 28 heavy (non-hydrogen) atoms. The molecular weight excluding hydrogens is 390 g/mol. The lowest BCUT2D eigenvalue weighted by Gasteiger charge is -2.31. The molecule has 142 valence electrons. The molecule has 1 saturated heterocycles. The predicted molar refractivity (Wildman–Crippen MR) is 113 cm³/mol. The number of benzene rings is 2. The molecule has 0 N–H and O–H groups in total. The highest BCUT2D eigenvalue weighted by Crippen LogP contribution is 2.34. The van der Waals surface area contributed by atoms with Crippen LogP contribution in [0.25, 0.3) is 10.2 Å². The summed E-state index contributed by atoms with van der Waals surface area (Å²) in [6.07, 6.45) is 3.13. The number of thiazole rings is 1. The van der Waals surface area contributed by atoms with Gasteiger partial charge < -0.3 is 4.90 Å². The zero-order valence-electron chi connectivity index (χ0n) is 15.4. The fraction of sp³-hybridized carbons (Fsp3) is 0.318. The van der Waals surface area contributed by atoms with Crippen LogP contribution in [0, 0.1) is 11.3 Å². The van der Waals surface area contributed by atoms with Gasteiger partial charge in [-0.3, -0.25) is 4.79 Å². The number of nitriles is 1. The van der Waals surface area contributed by atoms with Crippen LogP contribution in [0.1, 0.15) is 41.3 Å². The van der Waals surface area contributed by atoms with Gasteiger partial charge in [0.2, 0.25) is 5.91 Å². The summed E-state index contributed by atoms with van der Waals surface area (Å²) in [5, 5.41) is 10.7. The Labute approximate surface area is 173 Å². The van der Waals surface area contributed by atoms with Crippen LogP contribution in [0.15, 0.2) is 42.5 Å². The zero-order valence-corrected chi connectivity index (χ0v) is 17.0. The van der Waals surface area contributed by atoms with Crippen molar-refractivity contribution in [3.8, 4) is 6.07 Å². The van der Waals surface area contributed by atoms with E-state index in [0.717, 1.165) is 42.0 Å². The van der Waals surface area contributed by atoms with E-state index in [1.165, 1.54) is 4.70 Å². The van der Waals surface area contributed by atoms with Crippen LogP contribution in [0.4, 0.5) is 0 Å². The van der Waals surface area contributed by atoms with Gasteiger partial charge in [0.1, 0.15) is 0 Å². The van der Waals surface area contributed by atoms with Gasteiger partial charge in [-0.15, -0.1) is 11.3 Å². The van der Waals surface area contributed by atoms with Crippen molar-refractivity contribution in [1.82, 2.24) is 9.88 Å². The normalized spacial score (nSPS) is 14.9. The lowest BCUT2D eigenvalue weighted by atomic mass is 9.97. The van der Waals surface area contributed by atoms with Gasteiger partial charge in [-0.1, -0.05) is 23.7 Å². The van der Waals surface area contributed by atoms with Crippen LogP contribution in [0.5, 0.6) is 0 Å². The molecule has 4 rings (SSSR count). The van der Waals surface area contributed by atoms with E-state index in [2.05, 4.69) is 6.07 Å². The molecule has 3 aromatic rings. The first-order chi connectivity index (χ1) is 13.6. The Kier molecular flexibility index (Phi) is 5.61. The van der Waals surface area contributed by atoms with Gasteiger partial charge in [-0.05, 0) is 55.2 Å². The van der Waals surface area contributed by atoms with Crippen LogP contribution in [-0.4, -0.2) is 28.9 Å². The van der Waals surface area contributed by atoms with Crippen LogP contribution >= 0.6 is 22.9 Å².